The molecule has 0 aliphatic rings. The Morgan fingerprint density at radius 3 is 2.29 bits per heavy atom. The maximum atomic E-state index is 6.28. The number of hydrogen-bond donors (Lipinski definition) is 0. The van der Waals surface area contributed by atoms with Gasteiger partial charge in [-0.3, -0.25) is 0 Å². The zero-order valence-electron chi connectivity index (χ0n) is 9.13. The van der Waals surface area contributed by atoms with Crippen molar-refractivity contribution in [1.82, 2.24) is 4.90 Å². The number of hydrogen-bond acceptors (Lipinski definition) is 1. The van der Waals surface area contributed by atoms with E-state index in [1.165, 1.54) is 11.1 Å². The van der Waals surface area contributed by atoms with Gasteiger partial charge in [-0.1, -0.05) is 29.8 Å². The predicted octanol–water partition coefficient (Wildman–Crippen LogP) is 3.23. The van der Waals surface area contributed by atoms with Gasteiger partial charge in [-0.15, -0.1) is 11.6 Å². The van der Waals surface area contributed by atoms with Crippen molar-refractivity contribution in [3.63, 3.8) is 0 Å². The first kappa shape index (κ1) is 11.5. The van der Waals surface area contributed by atoms with Crippen LogP contribution in [0.4, 0.5) is 0 Å². The van der Waals surface area contributed by atoms with Gasteiger partial charge in [0.1, 0.15) is 0 Å². The van der Waals surface area contributed by atoms with Gasteiger partial charge in [0.05, 0.1) is 5.38 Å². The van der Waals surface area contributed by atoms with E-state index in [1.807, 2.05) is 0 Å². The lowest BCUT2D eigenvalue weighted by Gasteiger charge is -2.13. The van der Waals surface area contributed by atoms with Gasteiger partial charge >= 0.3 is 0 Å². The van der Waals surface area contributed by atoms with E-state index in [-0.39, 0.29) is 5.38 Å². The molecule has 1 rings (SSSR count). The molecule has 1 nitrogen and oxygen atoms in total. The molecule has 2 heteroatoms. The van der Waals surface area contributed by atoms with Crippen LogP contribution in [0.2, 0.25) is 0 Å². The average Bonchev–Trinajstić information content (AvgIpc) is 2.15. The largest absolute Gasteiger partial charge is 0.309 e. The Labute approximate surface area is 91.7 Å². The molecule has 1 atom stereocenters. The highest BCUT2D eigenvalue weighted by molar-refractivity contribution is 6.20. The van der Waals surface area contributed by atoms with Gasteiger partial charge in [0.15, 0.2) is 0 Å². The Hall–Kier alpha value is -0.530. The lowest BCUT2D eigenvalue weighted by molar-refractivity contribution is 0.398. The van der Waals surface area contributed by atoms with E-state index in [1.54, 1.807) is 0 Å². The van der Waals surface area contributed by atoms with E-state index in [2.05, 4.69) is 50.2 Å². The van der Waals surface area contributed by atoms with E-state index in [0.717, 1.165) is 13.0 Å². The van der Waals surface area contributed by atoms with E-state index < -0.39 is 0 Å². The Morgan fingerprint density at radius 1 is 1.21 bits per heavy atom. The molecule has 0 N–H and O–H groups in total. The molecule has 0 spiro atoms. The van der Waals surface area contributed by atoms with Gasteiger partial charge in [0.25, 0.3) is 0 Å². The fraction of sp³-hybridized carbons (Fsp3) is 0.500. The van der Waals surface area contributed by atoms with Crippen LogP contribution in [0.15, 0.2) is 24.3 Å². The van der Waals surface area contributed by atoms with Crippen molar-refractivity contribution in [3.8, 4) is 0 Å². The van der Waals surface area contributed by atoms with Crippen LogP contribution in [0.25, 0.3) is 0 Å². The number of rotatable bonds is 4. The molecule has 0 bridgehead atoms. The molecule has 14 heavy (non-hydrogen) atoms. The summed E-state index contributed by atoms with van der Waals surface area (Å²) in [5.74, 6) is 0. The molecule has 0 saturated carbocycles. The molecule has 0 aliphatic heterocycles. The molecule has 0 aromatic heterocycles. The topological polar surface area (TPSA) is 3.24 Å². The second-order valence-electron chi connectivity index (χ2n) is 3.97. The zero-order chi connectivity index (χ0) is 10.6. The highest BCUT2D eigenvalue weighted by Crippen LogP contribution is 2.24. The van der Waals surface area contributed by atoms with Gasteiger partial charge in [-0.2, -0.15) is 0 Å². The Morgan fingerprint density at radius 2 is 1.79 bits per heavy atom. The molecular formula is C12H18ClN. The maximum absolute atomic E-state index is 6.28. The van der Waals surface area contributed by atoms with Crippen LogP contribution in [0, 0.1) is 6.92 Å². The lowest BCUT2D eigenvalue weighted by Crippen LogP contribution is -2.14. The number of nitrogens with zero attached hydrogens (tertiary/aromatic N) is 1. The summed E-state index contributed by atoms with van der Waals surface area (Å²) in [4.78, 5) is 2.16. The van der Waals surface area contributed by atoms with Crippen molar-refractivity contribution in [3.05, 3.63) is 35.4 Å². The monoisotopic (exact) mass is 211 g/mol. The van der Waals surface area contributed by atoms with Crippen LogP contribution in [0.1, 0.15) is 22.9 Å². The summed E-state index contributed by atoms with van der Waals surface area (Å²) in [6.45, 7) is 3.12. The molecule has 1 aromatic carbocycles. The zero-order valence-corrected chi connectivity index (χ0v) is 9.88. The Balaban J connectivity index is 2.52. The highest BCUT2D eigenvalue weighted by Gasteiger charge is 2.07. The third-order valence-corrected chi connectivity index (χ3v) is 2.74. The van der Waals surface area contributed by atoms with Crippen molar-refractivity contribution < 1.29 is 0 Å². The highest BCUT2D eigenvalue weighted by atomic mass is 35.5. The van der Waals surface area contributed by atoms with Crippen LogP contribution in [0.5, 0.6) is 0 Å². The Kier molecular flexibility index (Phi) is 4.43. The second-order valence-corrected chi connectivity index (χ2v) is 4.50. The normalized spacial score (nSPS) is 13.2. The minimum Gasteiger partial charge on any atom is -0.309 e. The predicted molar refractivity (Wildman–Crippen MR) is 62.9 cm³/mol. The summed E-state index contributed by atoms with van der Waals surface area (Å²) in [6.07, 6.45) is 0.998. The van der Waals surface area contributed by atoms with Gasteiger partial charge in [0, 0.05) is 0 Å². The quantitative estimate of drug-likeness (QED) is 0.692. The Bertz CT molecular complexity index is 266. The standard InChI is InChI=1S/C12H18ClN/c1-10-4-6-11(7-5-10)12(13)8-9-14(2)3/h4-7,12H,8-9H2,1-3H3. The average molecular weight is 212 g/mol. The number of halogens is 1. The lowest BCUT2D eigenvalue weighted by atomic mass is 10.1. The van der Waals surface area contributed by atoms with Crippen LogP contribution in [-0.4, -0.2) is 25.5 Å². The summed E-state index contributed by atoms with van der Waals surface area (Å²) < 4.78 is 0. The molecule has 78 valence electrons. The summed E-state index contributed by atoms with van der Waals surface area (Å²) in [5, 5.41) is 0.137. The van der Waals surface area contributed by atoms with Gasteiger partial charge in [0.2, 0.25) is 0 Å². The van der Waals surface area contributed by atoms with E-state index >= 15 is 0 Å². The first-order chi connectivity index (χ1) is 6.59. The van der Waals surface area contributed by atoms with Gasteiger partial charge in [-0.05, 0) is 39.5 Å². The molecule has 1 aromatic rings. The first-order valence-corrected chi connectivity index (χ1v) is 5.38. The summed E-state index contributed by atoms with van der Waals surface area (Å²) >= 11 is 6.28. The molecule has 1 unspecified atom stereocenters. The third kappa shape index (κ3) is 3.69. The van der Waals surface area contributed by atoms with Crippen LogP contribution < -0.4 is 0 Å². The van der Waals surface area contributed by atoms with E-state index in [4.69, 9.17) is 11.6 Å². The van der Waals surface area contributed by atoms with Crippen molar-refractivity contribution in [2.45, 2.75) is 18.7 Å². The fourth-order valence-electron chi connectivity index (χ4n) is 1.31. The number of benzene rings is 1. The van der Waals surface area contributed by atoms with E-state index in [0.29, 0.717) is 0 Å². The smallest absolute Gasteiger partial charge is 0.0597 e. The molecule has 0 amide bonds. The molecule has 0 aliphatic carbocycles. The van der Waals surface area contributed by atoms with Crippen molar-refractivity contribution in [1.29, 1.82) is 0 Å². The van der Waals surface area contributed by atoms with Crippen molar-refractivity contribution in [2.24, 2.45) is 0 Å². The number of aryl methyl sites for hydroxylation is 1. The molecule has 0 fully saturated rings. The summed E-state index contributed by atoms with van der Waals surface area (Å²) in [7, 11) is 4.14. The summed E-state index contributed by atoms with van der Waals surface area (Å²) in [5.41, 5.74) is 2.50. The summed E-state index contributed by atoms with van der Waals surface area (Å²) in [6, 6.07) is 8.45. The number of alkyl halides is 1. The molecule has 0 radical (unpaired) electrons. The SMILES string of the molecule is Cc1ccc(C(Cl)CCN(C)C)cc1. The second kappa shape index (κ2) is 5.38. The van der Waals surface area contributed by atoms with Gasteiger partial charge in [-0.25, -0.2) is 0 Å². The van der Waals surface area contributed by atoms with Crippen molar-refractivity contribution >= 4 is 11.6 Å². The van der Waals surface area contributed by atoms with Crippen LogP contribution >= 0.6 is 11.6 Å². The van der Waals surface area contributed by atoms with E-state index in [9.17, 15) is 0 Å². The van der Waals surface area contributed by atoms with Crippen LogP contribution in [0.3, 0.4) is 0 Å². The maximum Gasteiger partial charge on any atom is 0.0597 e. The minimum atomic E-state index is 0.137. The molecule has 0 heterocycles. The fourth-order valence-corrected chi connectivity index (χ4v) is 1.56. The van der Waals surface area contributed by atoms with Gasteiger partial charge < -0.3 is 4.90 Å². The molecular weight excluding hydrogens is 194 g/mol. The first-order valence-electron chi connectivity index (χ1n) is 4.95. The van der Waals surface area contributed by atoms with Crippen LogP contribution in [-0.2, 0) is 0 Å². The van der Waals surface area contributed by atoms with Crippen molar-refractivity contribution in [2.75, 3.05) is 20.6 Å². The minimum absolute atomic E-state index is 0.137. The molecule has 0 saturated heterocycles. The third-order valence-electron chi connectivity index (χ3n) is 2.27.